The number of halogens is 1. The zero-order chi connectivity index (χ0) is 8.97. The minimum atomic E-state index is -0.0906. The fourth-order valence-electron chi connectivity index (χ4n) is 0.974. The van der Waals surface area contributed by atoms with Gasteiger partial charge >= 0.3 is 0 Å². The summed E-state index contributed by atoms with van der Waals surface area (Å²) in [7, 11) is 0. The zero-order valence-corrected chi connectivity index (χ0v) is 8.99. The highest BCUT2D eigenvalue weighted by Crippen LogP contribution is 2.18. The van der Waals surface area contributed by atoms with E-state index in [9.17, 15) is 9.59 Å². The van der Waals surface area contributed by atoms with Crippen molar-refractivity contribution >= 4 is 38.8 Å². The van der Waals surface area contributed by atoms with Crippen molar-refractivity contribution in [3.05, 3.63) is 0 Å². The van der Waals surface area contributed by atoms with E-state index in [1.807, 2.05) is 0 Å². The lowest BCUT2D eigenvalue weighted by Gasteiger charge is -2.23. The van der Waals surface area contributed by atoms with E-state index < -0.39 is 0 Å². The molecule has 0 atom stereocenters. The Morgan fingerprint density at radius 1 is 1.50 bits per heavy atom. The summed E-state index contributed by atoms with van der Waals surface area (Å²) >= 11 is 4.49. The third-order valence-electron chi connectivity index (χ3n) is 1.58. The quantitative estimate of drug-likeness (QED) is 0.719. The molecule has 0 aromatic rings. The molecule has 68 valence electrons. The van der Waals surface area contributed by atoms with E-state index >= 15 is 0 Å². The van der Waals surface area contributed by atoms with Crippen LogP contribution >= 0.6 is 27.7 Å². The summed E-state index contributed by atoms with van der Waals surface area (Å²) in [6, 6.07) is 0. The first-order valence-electron chi connectivity index (χ1n) is 3.79. The summed E-state index contributed by atoms with van der Waals surface area (Å²) in [5, 5.41) is 0.738. The van der Waals surface area contributed by atoms with Crippen LogP contribution in [0.3, 0.4) is 0 Å². The molecule has 0 bridgehead atoms. The molecule has 5 heteroatoms. The number of amides is 2. The molecule has 1 rings (SSSR count). The standard InChI is InChI=1S/C7H10BrNO2S/c8-3-1-4-9-6(10)2-5-12-7(9)11/h1-5H2. The van der Waals surface area contributed by atoms with Gasteiger partial charge < -0.3 is 0 Å². The van der Waals surface area contributed by atoms with E-state index in [0.717, 1.165) is 11.8 Å². The molecule has 0 spiro atoms. The van der Waals surface area contributed by atoms with Gasteiger partial charge in [-0.25, -0.2) is 0 Å². The van der Waals surface area contributed by atoms with Crippen molar-refractivity contribution in [2.45, 2.75) is 12.8 Å². The third kappa shape index (κ3) is 2.48. The summed E-state index contributed by atoms with van der Waals surface area (Å²) in [4.78, 5) is 23.7. The molecule has 0 radical (unpaired) electrons. The highest BCUT2D eigenvalue weighted by Gasteiger charge is 2.25. The van der Waals surface area contributed by atoms with Gasteiger partial charge in [0.15, 0.2) is 0 Å². The van der Waals surface area contributed by atoms with Gasteiger partial charge in [0.2, 0.25) is 5.91 Å². The van der Waals surface area contributed by atoms with Crippen molar-refractivity contribution in [1.82, 2.24) is 4.90 Å². The third-order valence-corrected chi connectivity index (χ3v) is 3.01. The molecule has 3 nitrogen and oxygen atoms in total. The van der Waals surface area contributed by atoms with E-state index in [1.54, 1.807) is 0 Å². The van der Waals surface area contributed by atoms with Gasteiger partial charge in [-0.2, -0.15) is 0 Å². The Hall–Kier alpha value is -0.0300. The predicted molar refractivity (Wildman–Crippen MR) is 52.6 cm³/mol. The second-order valence-electron chi connectivity index (χ2n) is 2.45. The fourth-order valence-corrected chi connectivity index (χ4v) is 2.03. The second-order valence-corrected chi connectivity index (χ2v) is 4.29. The molecule has 0 aromatic carbocycles. The van der Waals surface area contributed by atoms with Crippen LogP contribution in [-0.2, 0) is 4.79 Å². The van der Waals surface area contributed by atoms with Crippen LogP contribution in [0.15, 0.2) is 0 Å². The van der Waals surface area contributed by atoms with E-state index in [-0.39, 0.29) is 11.1 Å². The second kappa shape index (κ2) is 4.87. The Labute approximate surface area is 84.0 Å². The number of carbonyl (C=O) groups is 2. The van der Waals surface area contributed by atoms with Crippen molar-refractivity contribution in [3.8, 4) is 0 Å². The van der Waals surface area contributed by atoms with Crippen LogP contribution in [0, 0.1) is 0 Å². The molecule has 2 amide bonds. The van der Waals surface area contributed by atoms with Gasteiger partial charge in [0.1, 0.15) is 0 Å². The zero-order valence-electron chi connectivity index (χ0n) is 6.59. The van der Waals surface area contributed by atoms with Crippen LogP contribution in [-0.4, -0.2) is 33.7 Å². The Bertz CT molecular complexity index is 182. The molecule has 1 fully saturated rings. The Morgan fingerprint density at radius 2 is 2.25 bits per heavy atom. The summed E-state index contributed by atoms with van der Waals surface area (Å²) in [6.07, 6.45) is 1.33. The van der Waals surface area contributed by atoms with Gasteiger partial charge in [-0.3, -0.25) is 14.5 Å². The first-order chi connectivity index (χ1) is 5.75. The van der Waals surface area contributed by atoms with Crippen molar-refractivity contribution in [1.29, 1.82) is 0 Å². The summed E-state index contributed by atoms with van der Waals surface area (Å²) in [6.45, 7) is 0.552. The average molecular weight is 252 g/mol. The largest absolute Gasteiger partial charge is 0.288 e. The van der Waals surface area contributed by atoms with Crippen LogP contribution in [0.4, 0.5) is 4.79 Å². The minimum Gasteiger partial charge on any atom is -0.274 e. The number of carbonyl (C=O) groups excluding carboxylic acids is 2. The molecule has 1 heterocycles. The number of alkyl halides is 1. The van der Waals surface area contributed by atoms with Gasteiger partial charge in [0.05, 0.1) is 0 Å². The van der Waals surface area contributed by atoms with E-state index in [2.05, 4.69) is 15.9 Å². The Morgan fingerprint density at radius 3 is 2.83 bits per heavy atom. The first-order valence-corrected chi connectivity index (χ1v) is 5.89. The van der Waals surface area contributed by atoms with Crippen LogP contribution in [0.2, 0.25) is 0 Å². The molecule has 1 aliphatic rings. The Kier molecular flexibility index (Phi) is 4.08. The van der Waals surface area contributed by atoms with E-state index in [1.165, 1.54) is 16.7 Å². The summed E-state index contributed by atoms with van der Waals surface area (Å²) < 4.78 is 0. The highest BCUT2D eigenvalue weighted by molar-refractivity contribution is 9.09. The Balaban J connectivity index is 2.45. The maximum absolute atomic E-state index is 11.2. The maximum atomic E-state index is 11.2. The topological polar surface area (TPSA) is 37.4 Å². The normalized spacial score (nSPS) is 18.6. The molecule has 1 aliphatic heterocycles. The predicted octanol–water partition coefficient (Wildman–Crippen LogP) is 1.86. The molecule has 0 aromatic heterocycles. The molecule has 0 saturated carbocycles. The van der Waals surface area contributed by atoms with Crippen molar-refractivity contribution in [3.63, 3.8) is 0 Å². The van der Waals surface area contributed by atoms with E-state index in [0.29, 0.717) is 18.7 Å². The van der Waals surface area contributed by atoms with E-state index in [4.69, 9.17) is 0 Å². The SMILES string of the molecule is O=C1CCSC(=O)N1CCCBr. The van der Waals surface area contributed by atoms with Crippen LogP contribution in [0.25, 0.3) is 0 Å². The van der Waals surface area contributed by atoms with Gasteiger partial charge in [0, 0.05) is 24.0 Å². The lowest BCUT2D eigenvalue weighted by atomic mass is 10.3. The van der Waals surface area contributed by atoms with Gasteiger partial charge in [-0.15, -0.1) is 0 Å². The molecule has 1 saturated heterocycles. The molecule has 0 N–H and O–H groups in total. The van der Waals surface area contributed by atoms with Crippen molar-refractivity contribution < 1.29 is 9.59 Å². The van der Waals surface area contributed by atoms with Crippen molar-refractivity contribution in [2.24, 2.45) is 0 Å². The number of hydrogen-bond acceptors (Lipinski definition) is 3. The smallest absolute Gasteiger partial charge is 0.274 e. The first kappa shape index (κ1) is 10.1. The van der Waals surface area contributed by atoms with Crippen molar-refractivity contribution in [2.75, 3.05) is 17.6 Å². The number of nitrogens with zero attached hydrogens (tertiary/aromatic N) is 1. The summed E-state index contributed by atoms with van der Waals surface area (Å²) in [5.74, 6) is 0.613. The number of rotatable bonds is 3. The molecule has 12 heavy (non-hydrogen) atoms. The molecule has 0 unspecified atom stereocenters. The van der Waals surface area contributed by atoms with Crippen LogP contribution in [0.5, 0.6) is 0 Å². The lowest BCUT2D eigenvalue weighted by molar-refractivity contribution is -0.127. The molecular formula is C7H10BrNO2S. The number of hydrogen-bond donors (Lipinski definition) is 0. The van der Waals surface area contributed by atoms with Gasteiger partial charge in [-0.1, -0.05) is 27.7 Å². The van der Waals surface area contributed by atoms with Crippen LogP contribution in [0.1, 0.15) is 12.8 Å². The van der Waals surface area contributed by atoms with Gasteiger partial charge in [0.25, 0.3) is 5.24 Å². The lowest BCUT2D eigenvalue weighted by Crippen LogP contribution is -2.38. The number of thioether (sulfide) groups is 1. The molecular weight excluding hydrogens is 242 g/mol. The minimum absolute atomic E-state index is 0.0281. The number of imide groups is 1. The summed E-state index contributed by atoms with van der Waals surface area (Å²) in [5.41, 5.74) is 0. The average Bonchev–Trinajstić information content (AvgIpc) is 2.04. The van der Waals surface area contributed by atoms with Gasteiger partial charge in [-0.05, 0) is 6.42 Å². The highest BCUT2D eigenvalue weighted by atomic mass is 79.9. The maximum Gasteiger partial charge on any atom is 0.288 e. The van der Waals surface area contributed by atoms with Crippen LogP contribution < -0.4 is 0 Å². The fraction of sp³-hybridized carbons (Fsp3) is 0.714. The molecule has 0 aliphatic carbocycles. The monoisotopic (exact) mass is 251 g/mol.